The molecular weight excluding hydrogens is 338 g/mol. The average Bonchev–Trinajstić information content (AvgIpc) is 2.58. The summed E-state index contributed by atoms with van der Waals surface area (Å²) >= 11 is 0. The van der Waals surface area contributed by atoms with E-state index in [0.29, 0.717) is 19.3 Å². The van der Waals surface area contributed by atoms with Gasteiger partial charge in [-0.05, 0) is 31.0 Å². The van der Waals surface area contributed by atoms with Gasteiger partial charge >= 0.3 is 0 Å². The van der Waals surface area contributed by atoms with Gasteiger partial charge in [0.2, 0.25) is 0 Å². The first-order chi connectivity index (χ1) is 11.9. The minimum Gasteiger partial charge on any atom is -0.491 e. The van der Waals surface area contributed by atoms with Crippen LogP contribution in [-0.2, 0) is 4.74 Å². The highest BCUT2D eigenvalue weighted by Gasteiger charge is 2.14. The lowest BCUT2D eigenvalue weighted by Gasteiger charge is -2.22. The fourth-order valence-electron chi connectivity index (χ4n) is 3.28. The Morgan fingerprint density at radius 1 is 1.04 bits per heavy atom. The Kier molecular flexibility index (Phi) is 8.22. The van der Waals surface area contributed by atoms with Crippen molar-refractivity contribution in [3.63, 3.8) is 0 Å². The highest BCUT2D eigenvalue weighted by Crippen LogP contribution is 2.27. The number of ether oxygens (including phenoxy) is 2. The number of anilines is 1. The van der Waals surface area contributed by atoms with Gasteiger partial charge in [-0.2, -0.15) is 0 Å². The zero-order valence-corrected chi connectivity index (χ0v) is 15.7. The van der Waals surface area contributed by atoms with Crippen molar-refractivity contribution in [1.82, 2.24) is 9.97 Å². The van der Waals surface area contributed by atoms with Crippen LogP contribution in [0.4, 0.5) is 5.82 Å². The summed E-state index contributed by atoms with van der Waals surface area (Å²) in [7, 11) is 1.68. The fourth-order valence-corrected chi connectivity index (χ4v) is 3.28. The molecule has 0 bridgehead atoms. The normalized spacial score (nSPS) is 15.9. The van der Waals surface area contributed by atoms with E-state index in [1.54, 1.807) is 13.4 Å². The van der Waals surface area contributed by atoms with Gasteiger partial charge in [-0.1, -0.05) is 32.1 Å². The van der Waals surface area contributed by atoms with E-state index < -0.39 is 0 Å². The number of nitrogens with zero attached hydrogens (tertiary/aromatic N) is 2. The maximum absolute atomic E-state index is 5.73. The van der Waals surface area contributed by atoms with E-state index in [-0.39, 0.29) is 12.4 Å². The number of methoxy groups -OCH3 is 1. The molecule has 0 aliphatic heterocycles. The number of aromatic nitrogens is 2. The van der Waals surface area contributed by atoms with Crippen LogP contribution in [0.25, 0.3) is 10.9 Å². The van der Waals surface area contributed by atoms with Gasteiger partial charge in [-0.15, -0.1) is 12.4 Å². The second-order valence-electron chi connectivity index (χ2n) is 6.43. The monoisotopic (exact) mass is 365 g/mol. The molecule has 0 saturated heterocycles. The molecule has 3 rings (SSSR count). The summed E-state index contributed by atoms with van der Waals surface area (Å²) < 4.78 is 10.8. The Bertz CT molecular complexity index is 646. The first kappa shape index (κ1) is 19.7. The number of hydrogen-bond acceptors (Lipinski definition) is 5. The minimum absolute atomic E-state index is 0. The number of rotatable bonds is 6. The third kappa shape index (κ3) is 5.72. The van der Waals surface area contributed by atoms with Crippen LogP contribution in [0.1, 0.15) is 44.9 Å². The highest BCUT2D eigenvalue weighted by atomic mass is 35.5. The summed E-state index contributed by atoms with van der Waals surface area (Å²) in [4.78, 5) is 8.86. The van der Waals surface area contributed by atoms with E-state index in [1.165, 1.54) is 44.9 Å². The van der Waals surface area contributed by atoms with Crippen LogP contribution in [0, 0.1) is 0 Å². The largest absolute Gasteiger partial charge is 0.491 e. The molecule has 1 aliphatic rings. The molecule has 1 heterocycles. The molecule has 1 N–H and O–H groups in total. The molecule has 0 atom stereocenters. The standard InChI is InChI=1S/C19H27N3O2.ClH/c1-23-11-12-24-16-9-10-18-17(13-16)19(21-14-20-18)22-15-7-5-3-2-4-6-8-15;/h9-10,13-15H,2-8,11-12H2,1H3,(H,20,21,22);1H. The summed E-state index contributed by atoms with van der Waals surface area (Å²) in [6.45, 7) is 1.12. The predicted octanol–water partition coefficient (Wildman–Crippen LogP) is 4.60. The van der Waals surface area contributed by atoms with Crippen molar-refractivity contribution in [2.24, 2.45) is 0 Å². The van der Waals surface area contributed by atoms with E-state index >= 15 is 0 Å². The molecule has 0 amide bonds. The van der Waals surface area contributed by atoms with Crippen molar-refractivity contribution < 1.29 is 9.47 Å². The Hall–Kier alpha value is -1.59. The molecule has 1 fully saturated rings. The molecule has 0 radical (unpaired) electrons. The Balaban J connectivity index is 0.00000225. The molecule has 5 nitrogen and oxygen atoms in total. The van der Waals surface area contributed by atoms with E-state index in [0.717, 1.165) is 22.5 Å². The van der Waals surface area contributed by atoms with Crippen LogP contribution >= 0.6 is 12.4 Å². The van der Waals surface area contributed by atoms with Crippen molar-refractivity contribution in [2.45, 2.75) is 51.0 Å². The van der Waals surface area contributed by atoms with Crippen LogP contribution in [0.3, 0.4) is 0 Å². The summed E-state index contributed by atoms with van der Waals surface area (Å²) in [6.07, 6.45) is 10.7. The van der Waals surface area contributed by atoms with Gasteiger partial charge in [0, 0.05) is 18.5 Å². The lowest BCUT2D eigenvalue weighted by atomic mass is 9.96. The van der Waals surface area contributed by atoms with Gasteiger partial charge in [-0.3, -0.25) is 0 Å². The molecule has 0 spiro atoms. The molecule has 1 saturated carbocycles. The molecule has 138 valence electrons. The smallest absolute Gasteiger partial charge is 0.137 e. The fraction of sp³-hybridized carbons (Fsp3) is 0.579. The van der Waals surface area contributed by atoms with Crippen LogP contribution in [-0.4, -0.2) is 36.3 Å². The quantitative estimate of drug-likeness (QED) is 0.758. The van der Waals surface area contributed by atoms with E-state index in [9.17, 15) is 0 Å². The number of fused-ring (bicyclic) bond motifs is 1. The molecule has 6 heteroatoms. The maximum atomic E-state index is 5.73. The Morgan fingerprint density at radius 3 is 2.56 bits per heavy atom. The van der Waals surface area contributed by atoms with Gasteiger partial charge in [0.1, 0.15) is 24.5 Å². The lowest BCUT2D eigenvalue weighted by Crippen LogP contribution is -2.21. The topological polar surface area (TPSA) is 56.3 Å². The van der Waals surface area contributed by atoms with Crippen LogP contribution in [0.15, 0.2) is 24.5 Å². The van der Waals surface area contributed by atoms with Crippen LogP contribution in [0.5, 0.6) is 5.75 Å². The first-order valence-electron chi connectivity index (χ1n) is 9.00. The summed E-state index contributed by atoms with van der Waals surface area (Å²) in [5.41, 5.74) is 0.942. The summed E-state index contributed by atoms with van der Waals surface area (Å²) in [5.74, 6) is 1.75. The number of nitrogens with one attached hydrogen (secondary N) is 1. The Labute approximate surface area is 155 Å². The Morgan fingerprint density at radius 2 is 1.80 bits per heavy atom. The molecule has 2 aromatic rings. The van der Waals surface area contributed by atoms with Crippen molar-refractivity contribution in [2.75, 3.05) is 25.6 Å². The van der Waals surface area contributed by atoms with Crippen LogP contribution in [0.2, 0.25) is 0 Å². The van der Waals surface area contributed by atoms with Gasteiger partial charge < -0.3 is 14.8 Å². The number of hydrogen-bond donors (Lipinski definition) is 1. The third-order valence-corrected chi connectivity index (χ3v) is 4.61. The van der Waals surface area contributed by atoms with Gasteiger partial charge in [0.25, 0.3) is 0 Å². The SMILES string of the molecule is COCCOc1ccc2ncnc(NC3CCCCCCC3)c2c1.Cl. The van der Waals surface area contributed by atoms with Crippen molar-refractivity contribution >= 4 is 29.1 Å². The summed E-state index contributed by atoms with van der Waals surface area (Å²) in [6, 6.07) is 6.46. The highest BCUT2D eigenvalue weighted by molar-refractivity contribution is 5.90. The second kappa shape index (κ2) is 10.4. The van der Waals surface area contributed by atoms with Gasteiger partial charge in [-0.25, -0.2) is 9.97 Å². The molecule has 1 aliphatic carbocycles. The third-order valence-electron chi connectivity index (χ3n) is 4.61. The molecule has 25 heavy (non-hydrogen) atoms. The maximum Gasteiger partial charge on any atom is 0.137 e. The lowest BCUT2D eigenvalue weighted by molar-refractivity contribution is 0.146. The molecule has 1 aromatic heterocycles. The van der Waals surface area contributed by atoms with Crippen molar-refractivity contribution in [1.29, 1.82) is 0 Å². The van der Waals surface area contributed by atoms with Gasteiger partial charge in [0.05, 0.1) is 12.1 Å². The van der Waals surface area contributed by atoms with E-state index in [2.05, 4.69) is 15.3 Å². The first-order valence-corrected chi connectivity index (χ1v) is 9.00. The number of halogens is 1. The molecular formula is C19H28ClN3O2. The van der Waals surface area contributed by atoms with Crippen molar-refractivity contribution in [3.05, 3.63) is 24.5 Å². The minimum atomic E-state index is 0. The summed E-state index contributed by atoms with van der Waals surface area (Å²) in [5, 5.41) is 4.68. The average molecular weight is 366 g/mol. The predicted molar refractivity (Wildman–Crippen MR) is 104 cm³/mol. The van der Waals surface area contributed by atoms with Crippen molar-refractivity contribution in [3.8, 4) is 5.75 Å². The zero-order chi connectivity index (χ0) is 16.6. The van der Waals surface area contributed by atoms with E-state index in [1.807, 2.05) is 18.2 Å². The van der Waals surface area contributed by atoms with E-state index in [4.69, 9.17) is 9.47 Å². The van der Waals surface area contributed by atoms with Crippen LogP contribution < -0.4 is 10.1 Å². The second-order valence-corrected chi connectivity index (χ2v) is 6.43. The molecule has 1 aromatic carbocycles. The molecule has 0 unspecified atom stereocenters. The number of benzene rings is 1. The van der Waals surface area contributed by atoms with Gasteiger partial charge in [0.15, 0.2) is 0 Å². The zero-order valence-electron chi connectivity index (χ0n) is 14.9.